The molecule has 1 heterocycles. The summed E-state index contributed by atoms with van der Waals surface area (Å²) in [6, 6.07) is 0.588. The fraction of sp³-hybridized carbons (Fsp3) is 0.500. The van der Waals surface area contributed by atoms with Crippen LogP contribution in [0.5, 0.6) is 0 Å². The molecule has 2 unspecified atom stereocenters. The van der Waals surface area contributed by atoms with E-state index >= 15 is 0 Å². The van der Waals surface area contributed by atoms with Crippen molar-refractivity contribution in [3.05, 3.63) is 18.0 Å². The van der Waals surface area contributed by atoms with Gasteiger partial charge in [0.15, 0.2) is 0 Å². The van der Waals surface area contributed by atoms with E-state index in [2.05, 4.69) is 4.72 Å². The Morgan fingerprint density at radius 2 is 2.16 bits per heavy atom. The van der Waals surface area contributed by atoms with Crippen LogP contribution in [0.15, 0.2) is 17.2 Å². The van der Waals surface area contributed by atoms with Crippen molar-refractivity contribution in [2.45, 2.75) is 17.9 Å². The Labute approximate surface area is 114 Å². The van der Waals surface area contributed by atoms with E-state index in [4.69, 9.17) is 5.11 Å². The number of aromatic carboxylic acids is 1. The van der Waals surface area contributed by atoms with E-state index in [-0.39, 0.29) is 16.3 Å². The summed E-state index contributed by atoms with van der Waals surface area (Å²) >= 11 is 0. The van der Waals surface area contributed by atoms with Gasteiger partial charge in [0.2, 0.25) is 10.0 Å². The van der Waals surface area contributed by atoms with Crippen molar-refractivity contribution >= 4 is 26.8 Å². The zero-order valence-corrected chi connectivity index (χ0v) is 12.4. The van der Waals surface area contributed by atoms with Crippen LogP contribution in [-0.4, -0.2) is 46.3 Å². The maximum absolute atomic E-state index is 12.0. The fourth-order valence-electron chi connectivity index (χ4n) is 1.61. The first-order valence-electron chi connectivity index (χ1n) is 5.35. The molecule has 1 aromatic heterocycles. The van der Waals surface area contributed by atoms with E-state index in [1.807, 2.05) is 0 Å². The van der Waals surface area contributed by atoms with Crippen molar-refractivity contribution < 1.29 is 22.5 Å². The third-order valence-corrected chi connectivity index (χ3v) is 4.88. The van der Waals surface area contributed by atoms with Gasteiger partial charge in [0, 0.05) is 42.1 Å². The molecule has 0 radical (unpaired) electrons. The summed E-state index contributed by atoms with van der Waals surface area (Å²) < 4.78 is 38.6. The van der Waals surface area contributed by atoms with Crippen molar-refractivity contribution in [2.75, 3.05) is 12.0 Å². The zero-order valence-electron chi connectivity index (χ0n) is 10.8. The number of aryl methyl sites for hydroxylation is 1. The summed E-state index contributed by atoms with van der Waals surface area (Å²) in [6.45, 7) is 1.60. The highest BCUT2D eigenvalue weighted by Crippen LogP contribution is 2.14. The molecule has 0 aliphatic heterocycles. The van der Waals surface area contributed by atoms with Crippen LogP contribution in [0.2, 0.25) is 0 Å². The average Bonchev–Trinajstić information content (AvgIpc) is 2.58. The van der Waals surface area contributed by atoms with Crippen LogP contribution in [0.3, 0.4) is 0 Å². The van der Waals surface area contributed by atoms with Gasteiger partial charge in [0.1, 0.15) is 10.6 Å². The Balaban J connectivity index is 2.98. The lowest BCUT2D eigenvalue weighted by Crippen LogP contribution is -2.36. The quantitative estimate of drug-likeness (QED) is 0.755. The number of nitrogens with one attached hydrogen (secondary N) is 1. The summed E-state index contributed by atoms with van der Waals surface area (Å²) in [5, 5.41) is 8.87. The minimum absolute atomic E-state index is 0.118. The van der Waals surface area contributed by atoms with Gasteiger partial charge in [-0.15, -0.1) is 0 Å². The van der Waals surface area contributed by atoms with E-state index in [0.717, 1.165) is 6.07 Å². The Bertz CT molecular complexity index is 605. The van der Waals surface area contributed by atoms with Gasteiger partial charge < -0.3 is 9.67 Å². The van der Waals surface area contributed by atoms with E-state index in [1.54, 1.807) is 6.92 Å². The number of nitrogens with zero attached hydrogens (tertiary/aromatic N) is 1. The Morgan fingerprint density at radius 1 is 1.58 bits per heavy atom. The molecular weight excluding hydrogens is 292 g/mol. The van der Waals surface area contributed by atoms with Gasteiger partial charge in [-0.1, -0.05) is 0 Å². The van der Waals surface area contributed by atoms with Crippen LogP contribution in [0.25, 0.3) is 0 Å². The van der Waals surface area contributed by atoms with Crippen molar-refractivity contribution in [2.24, 2.45) is 7.05 Å². The van der Waals surface area contributed by atoms with Crippen LogP contribution < -0.4 is 4.72 Å². The molecule has 0 fully saturated rings. The SMILES string of the molecule is CC(CS(C)=O)NS(=O)(=O)c1cc(C(=O)O)n(C)c1. The van der Waals surface area contributed by atoms with Crippen molar-refractivity contribution in [3.8, 4) is 0 Å². The first-order valence-corrected chi connectivity index (χ1v) is 8.56. The number of hydrogen-bond acceptors (Lipinski definition) is 4. The first-order chi connectivity index (χ1) is 8.63. The van der Waals surface area contributed by atoms with Gasteiger partial charge in [-0.3, -0.25) is 4.21 Å². The number of hydrogen-bond donors (Lipinski definition) is 2. The minimum Gasteiger partial charge on any atom is -0.477 e. The molecule has 1 rings (SSSR count). The van der Waals surface area contributed by atoms with Crippen LogP contribution in [0.1, 0.15) is 17.4 Å². The number of aromatic nitrogens is 1. The molecule has 0 saturated heterocycles. The monoisotopic (exact) mass is 308 g/mol. The predicted octanol–water partition coefficient (Wildman–Crippen LogP) is -0.231. The minimum atomic E-state index is -3.81. The molecule has 19 heavy (non-hydrogen) atoms. The topological polar surface area (TPSA) is 105 Å². The fourth-order valence-corrected chi connectivity index (χ4v) is 3.82. The second-order valence-corrected chi connectivity index (χ2v) is 7.43. The maximum Gasteiger partial charge on any atom is 0.352 e. The van der Waals surface area contributed by atoms with Gasteiger partial charge in [-0.25, -0.2) is 17.9 Å². The van der Waals surface area contributed by atoms with Gasteiger partial charge in [-0.2, -0.15) is 0 Å². The number of carboxylic acid groups (broad SMARTS) is 1. The standard InChI is InChI=1S/C10H16N2O5S2/c1-7(6-18(3)15)11-19(16,17)8-4-9(10(13)14)12(2)5-8/h4-5,7,11H,6H2,1-3H3,(H,13,14). The Kier molecular flexibility index (Phi) is 4.88. The average molecular weight is 308 g/mol. The van der Waals surface area contributed by atoms with Crippen molar-refractivity contribution in [3.63, 3.8) is 0 Å². The van der Waals surface area contributed by atoms with Gasteiger partial charge in [0.25, 0.3) is 0 Å². The molecule has 0 aliphatic carbocycles. The van der Waals surface area contributed by atoms with Crippen molar-refractivity contribution in [1.82, 2.24) is 9.29 Å². The first kappa shape index (κ1) is 15.9. The second-order valence-electron chi connectivity index (χ2n) is 4.24. The normalized spacial score (nSPS) is 15.1. The predicted molar refractivity (Wildman–Crippen MR) is 71.1 cm³/mol. The summed E-state index contributed by atoms with van der Waals surface area (Å²) in [5.41, 5.74) is -0.118. The van der Waals surface area contributed by atoms with Crippen LogP contribution in [0, 0.1) is 0 Å². The van der Waals surface area contributed by atoms with Crippen molar-refractivity contribution in [1.29, 1.82) is 0 Å². The molecule has 0 saturated carbocycles. The Morgan fingerprint density at radius 3 is 2.58 bits per heavy atom. The number of carboxylic acids is 1. The van der Waals surface area contributed by atoms with E-state index in [9.17, 15) is 17.4 Å². The molecule has 2 N–H and O–H groups in total. The highest BCUT2D eigenvalue weighted by molar-refractivity contribution is 7.89. The lowest BCUT2D eigenvalue weighted by molar-refractivity contribution is 0.0686. The third-order valence-electron chi connectivity index (χ3n) is 2.35. The number of rotatable bonds is 6. The highest BCUT2D eigenvalue weighted by atomic mass is 32.2. The smallest absolute Gasteiger partial charge is 0.352 e. The van der Waals surface area contributed by atoms with Crippen LogP contribution in [0.4, 0.5) is 0 Å². The highest BCUT2D eigenvalue weighted by Gasteiger charge is 2.22. The molecule has 1 aromatic rings. The summed E-state index contributed by atoms with van der Waals surface area (Å²) in [5.74, 6) is -1.01. The molecule has 0 aliphatic rings. The second kappa shape index (κ2) is 5.85. The van der Waals surface area contributed by atoms with E-state index in [1.165, 1.54) is 24.1 Å². The Hall–Kier alpha value is -1.19. The maximum atomic E-state index is 12.0. The molecule has 2 atom stereocenters. The van der Waals surface area contributed by atoms with Gasteiger partial charge in [-0.05, 0) is 13.0 Å². The van der Waals surface area contributed by atoms with E-state index in [0.29, 0.717) is 0 Å². The largest absolute Gasteiger partial charge is 0.477 e. The third kappa shape index (κ3) is 4.15. The summed E-state index contributed by atoms with van der Waals surface area (Å²) in [7, 11) is -3.48. The molecule has 0 spiro atoms. The number of sulfonamides is 1. The van der Waals surface area contributed by atoms with Gasteiger partial charge >= 0.3 is 5.97 Å². The van der Waals surface area contributed by atoms with Crippen LogP contribution in [-0.2, 0) is 27.9 Å². The lowest BCUT2D eigenvalue weighted by Gasteiger charge is -2.11. The summed E-state index contributed by atoms with van der Waals surface area (Å²) in [4.78, 5) is 10.7. The van der Waals surface area contributed by atoms with E-state index < -0.39 is 32.8 Å². The molecule has 7 nitrogen and oxygen atoms in total. The molecule has 0 amide bonds. The lowest BCUT2D eigenvalue weighted by atomic mass is 10.4. The zero-order chi connectivity index (χ0) is 14.8. The van der Waals surface area contributed by atoms with Crippen LogP contribution >= 0.6 is 0 Å². The summed E-state index contributed by atoms with van der Waals surface area (Å²) in [6.07, 6.45) is 2.71. The molecular formula is C10H16N2O5S2. The molecule has 9 heteroatoms. The molecule has 0 bridgehead atoms. The molecule has 108 valence electrons. The molecule has 0 aromatic carbocycles. The van der Waals surface area contributed by atoms with Gasteiger partial charge in [0.05, 0.1) is 0 Å². The number of carbonyl (C=O) groups is 1.